The summed E-state index contributed by atoms with van der Waals surface area (Å²) in [7, 11) is 0. The first-order chi connectivity index (χ1) is 10.7. The molecule has 0 saturated carbocycles. The van der Waals surface area contributed by atoms with E-state index < -0.39 is 0 Å². The number of phenolic OH excluding ortho intramolecular Hbond substituents is 1. The molecule has 4 nitrogen and oxygen atoms in total. The van der Waals surface area contributed by atoms with E-state index in [4.69, 9.17) is 0 Å². The number of aromatic hydroxyl groups is 1. The lowest BCUT2D eigenvalue weighted by Gasteiger charge is -2.22. The van der Waals surface area contributed by atoms with Crippen LogP contribution in [0.3, 0.4) is 0 Å². The molecular weight excluding hydrogens is 276 g/mol. The van der Waals surface area contributed by atoms with Crippen LogP contribution in [0.15, 0.2) is 24.3 Å². The molecule has 2 aromatic carbocycles. The van der Waals surface area contributed by atoms with E-state index >= 15 is 0 Å². The van der Waals surface area contributed by atoms with Gasteiger partial charge in [-0.25, -0.2) is 0 Å². The summed E-state index contributed by atoms with van der Waals surface area (Å²) in [6.07, 6.45) is 2.40. The van der Waals surface area contributed by atoms with Crippen LogP contribution in [-0.4, -0.2) is 22.1 Å². The Morgan fingerprint density at radius 1 is 1.09 bits per heavy atom. The highest BCUT2D eigenvalue weighted by molar-refractivity contribution is 6.17. The first-order valence-corrected chi connectivity index (χ1v) is 7.79. The zero-order valence-corrected chi connectivity index (χ0v) is 12.1. The van der Waals surface area contributed by atoms with Gasteiger partial charge < -0.3 is 10.4 Å². The molecule has 0 aliphatic carbocycles. The summed E-state index contributed by atoms with van der Waals surface area (Å²) in [5, 5.41) is 15.6. The second kappa shape index (κ2) is 4.11. The summed E-state index contributed by atoms with van der Waals surface area (Å²) < 4.78 is 1.82. The molecule has 5 rings (SSSR count). The summed E-state index contributed by atoms with van der Waals surface area (Å²) in [4.78, 5) is 12.5. The second-order valence-corrected chi connectivity index (χ2v) is 6.25. The second-order valence-electron chi connectivity index (χ2n) is 6.25. The fourth-order valence-corrected chi connectivity index (χ4v) is 4.08. The minimum absolute atomic E-state index is 0.127. The molecule has 110 valence electrons. The van der Waals surface area contributed by atoms with Crippen molar-refractivity contribution in [3.05, 3.63) is 41.0 Å². The van der Waals surface area contributed by atoms with Gasteiger partial charge in [0.15, 0.2) is 0 Å². The number of carbonyl (C=O) groups is 1. The van der Waals surface area contributed by atoms with Gasteiger partial charge in [0.05, 0.1) is 11.0 Å². The third-order valence-corrected chi connectivity index (χ3v) is 5.02. The lowest BCUT2D eigenvalue weighted by atomic mass is 9.91. The predicted octanol–water partition coefficient (Wildman–Crippen LogP) is 2.73. The fraction of sp³-hybridized carbons (Fsp3) is 0.278. The highest BCUT2D eigenvalue weighted by atomic mass is 16.3. The van der Waals surface area contributed by atoms with Gasteiger partial charge in [0.1, 0.15) is 5.75 Å². The van der Waals surface area contributed by atoms with Crippen LogP contribution in [0.1, 0.15) is 27.9 Å². The van der Waals surface area contributed by atoms with E-state index in [0.29, 0.717) is 6.42 Å². The Labute approximate surface area is 127 Å². The Morgan fingerprint density at radius 3 is 2.91 bits per heavy atom. The Bertz CT molecular complexity index is 969. The van der Waals surface area contributed by atoms with Gasteiger partial charge in [-0.05, 0) is 48.2 Å². The molecule has 0 radical (unpaired) electrons. The van der Waals surface area contributed by atoms with E-state index in [1.807, 2.05) is 10.6 Å². The number of aromatic nitrogens is 1. The maximum absolute atomic E-state index is 12.5. The summed E-state index contributed by atoms with van der Waals surface area (Å²) in [5.74, 6) is 0.334. The number of nitrogens with zero attached hydrogens (tertiary/aromatic N) is 1. The highest BCUT2D eigenvalue weighted by Gasteiger charge is 2.27. The molecular formula is C18H16N2O2. The molecule has 2 N–H and O–H groups in total. The van der Waals surface area contributed by atoms with Crippen LogP contribution in [0.5, 0.6) is 5.75 Å². The standard InChI is InChI=1S/C18H16N2O2/c21-12-2-3-13-15(8-12)20-16(22)4-1-11-7-10-5-6-19-9-14(10)17(13)18(11)20/h2-3,7-8,19,21H,1,4-6,9H2. The van der Waals surface area contributed by atoms with Gasteiger partial charge in [-0.1, -0.05) is 6.07 Å². The summed E-state index contributed by atoms with van der Waals surface area (Å²) >= 11 is 0. The lowest BCUT2D eigenvalue weighted by molar-refractivity contribution is 0.0908. The Morgan fingerprint density at radius 2 is 2.00 bits per heavy atom. The number of benzene rings is 2. The van der Waals surface area contributed by atoms with Crippen molar-refractivity contribution in [2.24, 2.45) is 0 Å². The van der Waals surface area contributed by atoms with E-state index in [-0.39, 0.29) is 11.7 Å². The van der Waals surface area contributed by atoms with Crippen molar-refractivity contribution in [3.8, 4) is 5.75 Å². The Hall–Kier alpha value is -2.33. The summed E-state index contributed by atoms with van der Waals surface area (Å²) in [6.45, 7) is 1.86. The summed E-state index contributed by atoms with van der Waals surface area (Å²) in [5.41, 5.74) is 5.88. The summed E-state index contributed by atoms with van der Waals surface area (Å²) in [6, 6.07) is 7.66. The number of hydrogen-bond donors (Lipinski definition) is 2. The molecule has 0 amide bonds. The molecule has 0 unspecified atom stereocenters. The van der Waals surface area contributed by atoms with E-state index in [0.717, 1.165) is 42.4 Å². The van der Waals surface area contributed by atoms with Crippen molar-refractivity contribution >= 4 is 27.7 Å². The largest absolute Gasteiger partial charge is 0.508 e. The van der Waals surface area contributed by atoms with Crippen LogP contribution >= 0.6 is 0 Å². The number of rotatable bonds is 0. The number of nitrogens with one attached hydrogen (secondary N) is 1. The van der Waals surface area contributed by atoms with E-state index in [9.17, 15) is 9.90 Å². The Balaban J connectivity index is 2.07. The third-order valence-electron chi connectivity index (χ3n) is 5.02. The van der Waals surface area contributed by atoms with Gasteiger partial charge in [-0.2, -0.15) is 0 Å². The van der Waals surface area contributed by atoms with Crippen LogP contribution in [0.4, 0.5) is 0 Å². The minimum atomic E-state index is 0.127. The number of fused-ring (bicyclic) bond motifs is 5. The van der Waals surface area contributed by atoms with Crippen LogP contribution < -0.4 is 5.32 Å². The first-order valence-electron chi connectivity index (χ1n) is 7.79. The quantitative estimate of drug-likeness (QED) is 0.670. The average Bonchev–Trinajstić information content (AvgIpc) is 2.87. The lowest BCUT2D eigenvalue weighted by Crippen LogP contribution is -2.25. The van der Waals surface area contributed by atoms with Crippen molar-refractivity contribution < 1.29 is 9.90 Å². The molecule has 4 heteroatoms. The molecule has 1 aromatic heterocycles. The Kier molecular flexibility index (Phi) is 2.29. The van der Waals surface area contributed by atoms with Crippen LogP contribution in [0.25, 0.3) is 21.8 Å². The van der Waals surface area contributed by atoms with Crippen molar-refractivity contribution in [2.45, 2.75) is 25.8 Å². The molecule has 2 aliphatic heterocycles. The monoisotopic (exact) mass is 292 g/mol. The SMILES string of the molecule is O=C1CCc2cc3c(c4c5ccc(O)cc5n1c24)CNCC3. The molecule has 22 heavy (non-hydrogen) atoms. The molecule has 0 saturated heterocycles. The van der Waals surface area contributed by atoms with Crippen molar-refractivity contribution in [1.82, 2.24) is 9.88 Å². The predicted molar refractivity (Wildman–Crippen MR) is 85.5 cm³/mol. The zero-order valence-electron chi connectivity index (χ0n) is 12.1. The molecule has 0 atom stereocenters. The van der Waals surface area contributed by atoms with Crippen LogP contribution in [0, 0.1) is 0 Å². The van der Waals surface area contributed by atoms with Gasteiger partial charge in [-0.15, -0.1) is 0 Å². The van der Waals surface area contributed by atoms with Crippen LogP contribution in [0.2, 0.25) is 0 Å². The number of aryl methyl sites for hydroxylation is 1. The van der Waals surface area contributed by atoms with Gasteiger partial charge in [-0.3, -0.25) is 9.36 Å². The molecule has 0 fully saturated rings. The van der Waals surface area contributed by atoms with E-state index in [1.54, 1.807) is 12.1 Å². The van der Waals surface area contributed by atoms with Crippen molar-refractivity contribution in [2.75, 3.05) is 6.54 Å². The number of phenols is 1. The highest BCUT2D eigenvalue weighted by Crippen LogP contribution is 2.40. The average molecular weight is 292 g/mol. The number of carbonyl (C=O) groups excluding carboxylic acids is 1. The molecule has 0 bridgehead atoms. The molecule has 0 spiro atoms. The minimum Gasteiger partial charge on any atom is -0.508 e. The number of hydrogen-bond acceptors (Lipinski definition) is 3. The topological polar surface area (TPSA) is 54.3 Å². The maximum atomic E-state index is 12.5. The first kappa shape index (κ1) is 12.2. The zero-order chi connectivity index (χ0) is 14.8. The maximum Gasteiger partial charge on any atom is 0.231 e. The van der Waals surface area contributed by atoms with E-state index in [2.05, 4.69) is 11.4 Å². The van der Waals surface area contributed by atoms with Crippen molar-refractivity contribution in [3.63, 3.8) is 0 Å². The molecule has 2 aliphatic rings. The fourth-order valence-electron chi connectivity index (χ4n) is 4.08. The molecule has 3 heterocycles. The van der Waals surface area contributed by atoms with Gasteiger partial charge >= 0.3 is 0 Å². The van der Waals surface area contributed by atoms with Gasteiger partial charge in [0.2, 0.25) is 5.91 Å². The van der Waals surface area contributed by atoms with E-state index in [1.165, 1.54) is 22.1 Å². The third kappa shape index (κ3) is 1.43. The molecule has 3 aromatic rings. The van der Waals surface area contributed by atoms with Gasteiger partial charge in [0.25, 0.3) is 0 Å². The smallest absolute Gasteiger partial charge is 0.231 e. The van der Waals surface area contributed by atoms with Crippen molar-refractivity contribution in [1.29, 1.82) is 0 Å². The normalized spacial score (nSPS) is 17.2. The van der Waals surface area contributed by atoms with Crippen LogP contribution in [-0.2, 0) is 19.4 Å². The van der Waals surface area contributed by atoms with Gasteiger partial charge in [0, 0.05) is 29.8 Å².